The fourth-order valence-electron chi connectivity index (χ4n) is 0.852. The van der Waals surface area contributed by atoms with Crippen molar-refractivity contribution in [2.24, 2.45) is 11.1 Å². The summed E-state index contributed by atoms with van der Waals surface area (Å²) in [4.78, 5) is 0. The van der Waals surface area contributed by atoms with E-state index in [1.807, 2.05) is 6.92 Å². The van der Waals surface area contributed by atoms with Crippen molar-refractivity contribution in [3.63, 3.8) is 0 Å². The molecule has 0 aromatic rings. The lowest BCUT2D eigenvalue weighted by Crippen LogP contribution is -2.19. The standard InChI is InChI=1S/C9H18N2/c1-5-7(6-10)8(11)9(2,3)4/h6,10H,5,11H2,1-4H3/b8-7-,10-6?. The van der Waals surface area contributed by atoms with E-state index >= 15 is 0 Å². The summed E-state index contributed by atoms with van der Waals surface area (Å²) >= 11 is 0. The van der Waals surface area contributed by atoms with Gasteiger partial charge < -0.3 is 11.1 Å². The van der Waals surface area contributed by atoms with Gasteiger partial charge >= 0.3 is 0 Å². The van der Waals surface area contributed by atoms with Crippen LogP contribution in [0.25, 0.3) is 0 Å². The second-order valence-electron chi connectivity index (χ2n) is 3.69. The van der Waals surface area contributed by atoms with Crippen LogP contribution in [-0.4, -0.2) is 6.21 Å². The summed E-state index contributed by atoms with van der Waals surface area (Å²) in [6.45, 7) is 8.18. The molecule has 0 rings (SSSR count). The summed E-state index contributed by atoms with van der Waals surface area (Å²) in [5.74, 6) is 0. The van der Waals surface area contributed by atoms with Crippen LogP contribution in [0.5, 0.6) is 0 Å². The van der Waals surface area contributed by atoms with Crippen LogP contribution in [0.2, 0.25) is 0 Å². The van der Waals surface area contributed by atoms with E-state index in [9.17, 15) is 0 Å². The van der Waals surface area contributed by atoms with Gasteiger partial charge in [-0.15, -0.1) is 0 Å². The molecule has 0 atom stereocenters. The summed E-state index contributed by atoms with van der Waals surface area (Å²) in [5, 5.41) is 7.11. The summed E-state index contributed by atoms with van der Waals surface area (Å²) in [6, 6.07) is 0. The Hall–Kier alpha value is -0.790. The van der Waals surface area contributed by atoms with Gasteiger partial charge in [-0.1, -0.05) is 27.7 Å². The van der Waals surface area contributed by atoms with Crippen LogP contribution in [0.3, 0.4) is 0 Å². The molecule has 0 saturated carbocycles. The second-order valence-corrected chi connectivity index (χ2v) is 3.69. The van der Waals surface area contributed by atoms with Crippen molar-refractivity contribution in [1.29, 1.82) is 5.41 Å². The van der Waals surface area contributed by atoms with Crippen molar-refractivity contribution in [2.45, 2.75) is 34.1 Å². The second kappa shape index (κ2) is 3.56. The smallest absolute Gasteiger partial charge is 0.0227 e. The van der Waals surface area contributed by atoms with Gasteiger partial charge in [0.2, 0.25) is 0 Å². The number of nitrogens with one attached hydrogen (secondary N) is 1. The number of nitrogens with two attached hydrogens (primary N) is 1. The van der Waals surface area contributed by atoms with Crippen LogP contribution in [0.1, 0.15) is 34.1 Å². The first-order valence-corrected chi connectivity index (χ1v) is 3.93. The predicted octanol–water partition coefficient (Wildman–Crippen LogP) is 2.30. The highest BCUT2D eigenvalue weighted by molar-refractivity contribution is 5.76. The van der Waals surface area contributed by atoms with Crippen molar-refractivity contribution in [1.82, 2.24) is 0 Å². The third kappa shape index (κ3) is 2.74. The maximum Gasteiger partial charge on any atom is 0.0227 e. The van der Waals surface area contributed by atoms with E-state index < -0.39 is 0 Å². The van der Waals surface area contributed by atoms with Gasteiger partial charge in [-0.25, -0.2) is 0 Å². The lowest BCUT2D eigenvalue weighted by atomic mass is 9.89. The van der Waals surface area contributed by atoms with Crippen molar-refractivity contribution in [3.05, 3.63) is 11.3 Å². The molecule has 0 unspecified atom stereocenters. The molecule has 0 amide bonds. The Balaban J connectivity index is 4.76. The van der Waals surface area contributed by atoms with Crippen molar-refractivity contribution >= 4 is 6.21 Å². The molecule has 0 aliphatic rings. The average Bonchev–Trinajstić information content (AvgIpc) is 1.88. The molecule has 0 bridgehead atoms. The third-order valence-corrected chi connectivity index (χ3v) is 1.71. The van der Waals surface area contributed by atoms with E-state index in [4.69, 9.17) is 11.1 Å². The summed E-state index contributed by atoms with van der Waals surface area (Å²) in [6.07, 6.45) is 2.19. The Morgan fingerprint density at radius 1 is 1.45 bits per heavy atom. The van der Waals surface area contributed by atoms with E-state index in [-0.39, 0.29) is 5.41 Å². The number of hydrogen-bond acceptors (Lipinski definition) is 2. The van der Waals surface area contributed by atoms with Gasteiger partial charge in [0.25, 0.3) is 0 Å². The van der Waals surface area contributed by atoms with Crippen LogP contribution in [0.4, 0.5) is 0 Å². The molecule has 0 aliphatic carbocycles. The summed E-state index contributed by atoms with van der Waals surface area (Å²) in [7, 11) is 0. The van der Waals surface area contributed by atoms with Crippen LogP contribution in [-0.2, 0) is 0 Å². The van der Waals surface area contributed by atoms with Gasteiger partial charge in [0.15, 0.2) is 0 Å². The normalized spacial score (nSPS) is 14.2. The molecule has 0 aromatic heterocycles. The molecule has 3 N–H and O–H groups in total. The number of hydrogen-bond donors (Lipinski definition) is 2. The number of allylic oxidation sites excluding steroid dienone is 2. The Bertz CT molecular complexity index is 172. The SMILES string of the molecule is CC/C(C=N)=C(/N)C(C)(C)C. The predicted molar refractivity (Wildman–Crippen MR) is 49.7 cm³/mol. The van der Waals surface area contributed by atoms with Gasteiger partial charge in [-0.2, -0.15) is 0 Å². The molecule has 0 aromatic carbocycles. The van der Waals surface area contributed by atoms with E-state index in [1.54, 1.807) is 0 Å². The lowest BCUT2D eigenvalue weighted by Gasteiger charge is -2.21. The van der Waals surface area contributed by atoms with Crippen LogP contribution >= 0.6 is 0 Å². The zero-order valence-corrected chi connectivity index (χ0v) is 7.86. The van der Waals surface area contributed by atoms with Gasteiger partial charge in [0.05, 0.1) is 0 Å². The van der Waals surface area contributed by atoms with Crippen LogP contribution < -0.4 is 5.73 Å². The largest absolute Gasteiger partial charge is 0.401 e. The zero-order valence-electron chi connectivity index (χ0n) is 7.86. The van der Waals surface area contributed by atoms with Gasteiger partial charge in [-0.05, 0) is 12.0 Å². The fourth-order valence-corrected chi connectivity index (χ4v) is 0.852. The molecule has 0 spiro atoms. The first-order valence-electron chi connectivity index (χ1n) is 3.93. The highest BCUT2D eigenvalue weighted by atomic mass is 14.6. The van der Waals surface area contributed by atoms with E-state index in [2.05, 4.69) is 20.8 Å². The molecule has 11 heavy (non-hydrogen) atoms. The Morgan fingerprint density at radius 3 is 2.00 bits per heavy atom. The molecule has 0 heterocycles. The van der Waals surface area contributed by atoms with Crippen LogP contribution in [0, 0.1) is 10.8 Å². The van der Waals surface area contributed by atoms with Crippen molar-refractivity contribution < 1.29 is 0 Å². The van der Waals surface area contributed by atoms with Gasteiger partial charge in [0, 0.05) is 17.3 Å². The highest BCUT2D eigenvalue weighted by Gasteiger charge is 2.16. The molecule has 0 fully saturated rings. The van der Waals surface area contributed by atoms with Gasteiger partial charge in [-0.3, -0.25) is 0 Å². The lowest BCUT2D eigenvalue weighted by molar-refractivity contribution is 0.493. The minimum Gasteiger partial charge on any atom is -0.401 e. The van der Waals surface area contributed by atoms with E-state index in [0.717, 1.165) is 17.7 Å². The third-order valence-electron chi connectivity index (χ3n) is 1.71. The minimum atomic E-state index is -0.0110. The highest BCUT2D eigenvalue weighted by Crippen LogP contribution is 2.23. The molecular formula is C9H18N2. The molecule has 2 heteroatoms. The first kappa shape index (κ1) is 10.2. The minimum absolute atomic E-state index is 0.0110. The zero-order chi connectivity index (χ0) is 9.07. The topological polar surface area (TPSA) is 49.9 Å². The monoisotopic (exact) mass is 154 g/mol. The molecule has 0 saturated heterocycles. The molecule has 0 radical (unpaired) electrons. The van der Waals surface area contributed by atoms with Crippen molar-refractivity contribution in [3.8, 4) is 0 Å². The maximum absolute atomic E-state index is 7.11. The Morgan fingerprint density at radius 2 is 1.91 bits per heavy atom. The van der Waals surface area contributed by atoms with Crippen molar-refractivity contribution in [2.75, 3.05) is 0 Å². The molecular weight excluding hydrogens is 136 g/mol. The molecule has 0 aliphatic heterocycles. The fraction of sp³-hybridized carbons (Fsp3) is 0.667. The van der Waals surface area contributed by atoms with E-state index in [0.29, 0.717) is 0 Å². The maximum atomic E-state index is 7.11. The number of rotatable bonds is 2. The first-order chi connectivity index (χ1) is 4.93. The summed E-state index contributed by atoms with van der Waals surface area (Å²) < 4.78 is 0. The Labute approximate surface area is 69.0 Å². The molecule has 2 nitrogen and oxygen atoms in total. The van der Waals surface area contributed by atoms with E-state index in [1.165, 1.54) is 6.21 Å². The quantitative estimate of drug-likeness (QED) is 0.589. The average molecular weight is 154 g/mol. The summed E-state index contributed by atoms with van der Waals surface area (Å²) in [5.41, 5.74) is 7.60. The van der Waals surface area contributed by atoms with Gasteiger partial charge in [0.1, 0.15) is 0 Å². The Kier molecular flexibility index (Phi) is 3.30. The molecule has 64 valence electrons. The van der Waals surface area contributed by atoms with Crippen LogP contribution in [0.15, 0.2) is 11.3 Å².